The number of carbonyl (C=O) groups excluding carboxylic acids is 2. The Kier molecular flexibility index (Phi) is 5.48. The molecule has 3 aromatic rings. The number of ether oxygens (including phenoxy) is 2. The molecule has 2 saturated heterocycles. The van der Waals surface area contributed by atoms with Crippen LogP contribution in [0.2, 0.25) is 0 Å². The number of nitrogens with zero attached hydrogens (tertiary/aromatic N) is 1. The lowest BCUT2D eigenvalue weighted by Crippen LogP contribution is -2.72. The fourth-order valence-electron chi connectivity index (χ4n) is 4.02. The molecule has 166 valence electrons. The molecule has 1 unspecified atom stereocenters. The van der Waals surface area contributed by atoms with Crippen molar-refractivity contribution in [1.82, 2.24) is 4.90 Å². The molecule has 1 amide bonds. The van der Waals surface area contributed by atoms with Gasteiger partial charge in [0.15, 0.2) is 0 Å². The molecular formula is C23H22N2O5S2. The van der Waals surface area contributed by atoms with Crippen LogP contribution in [0.3, 0.4) is 0 Å². The summed E-state index contributed by atoms with van der Waals surface area (Å²) in [6.07, 6.45) is 1.62. The Morgan fingerprint density at radius 2 is 2.12 bits per heavy atom. The van der Waals surface area contributed by atoms with E-state index in [1.54, 1.807) is 18.3 Å². The van der Waals surface area contributed by atoms with Gasteiger partial charge in [0.1, 0.15) is 34.9 Å². The van der Waals surface area contributed by atoms with Crippen LogP contribution >= 0.6 is 23.1 Å². The standard InChI is InChI=1S/C23H22N2O5S2/c1-28-16-6-4-14(5-7-16)10-30-22(27)23(12-25-20(26)19(24)21(25)32-13-23)18-9-15(11-31-18)17-3-2-8-29-17/h2-9,11,19,21H,10,12-13,24H2,1H3/t19-,21-,23?/m1/s1. The monoisotopic (exact) mass is 470 g/mol. The molecule has 4 heterocycles. The van der Waals surface area contributed by atoms with Crippen LogP contribution in [0.4, 0.5) is 0 Å². The number of thiophene rings is 1. The normalized spacial score (nSPS) is 24.6. The summed E-state index contributed by atoms with van der Waals surface area (Å²) in [6.45, 7) is 0.402. The van der Waals surface area contributed by atoms with Gasteiger partial charge in [-0.15, -0.1) is 23.1 Å². The number of rotatable bonds is 6. The number of fused-ring (bicyclic) bond motifs is 1. The van der Waals surface area contributed by atoms with Crippen molar-refractivity contribution in [1.29, 1.82) is 0 Å². The van der Waals surface area contributed by atoms with Crippen molar-refractivity contribution in [3.8, 4) is 17.1 Å². The van der Waals surface area contributed by atoms with Crippen LogP contribution in [0.25, 0.3) is 11.3 Å². The van der Waals surface area contributed by atoms with Crippen LogP contribution in [0.1, 0.15) is 10.4 Å². The summed E-state index contributed by atoms with van der Waals surface area (Å²) >= 11 is 3.01. The zero-order valence-electron chi connectivity index (χ0n) is 17.4. The van der Waals surface area contributed by atoms with Gasteiger partial charge < -0.3 is 24.5 Å². The predicted molar refractivity (Wildman–Crippen MR) is 122 cm³/mol. The maximum absolute atomic E-state index is 13.5. The number of hydrogen-bond donors (Lipinski definition) is 1. The Hall–Kier alpha value is -2.75. The molecule has 5 rings (SSSR count). The molecule has 1 aromatic carbocycles. The van der Waals surface area contributed by atoms with E-state index in [-0.39, 0.29) is 30.4 Å². The van der Waals surface area contributed by atoms with Gasteiger partial charge in [-0.3, -0.25) is 9.59 Å². The second-order valence-corrected chi connectivity index (χ2v) is 9.89. The van der Waals surface area contributed by atoms with E-state index in [2.05, 4.69) is 0 Å². The number of nitrogens with two attached hydrogens (primary N) is 1. The van der Waals surface area contributed by atoms with Crippen LogP contribution < -0.4 is 10.5 Å². The van der Waals surface area contributed by atoms with Gasteiger partial charge in [-0.25, -0.2) is 0 Å². The summed E-state index contributed by atoms with van der Waals surface area (Å²) in [7, 11) is 1.60. The van der Waals surface area contributed by atoms with E-state index in [0.29, 0.717) is 5.75 Å². The minimum Gasteiger partial charge on any atom is -0.497 e. The van der Waals surface area contributed by atoms with Gasteiger partial charge in [0, 0.05) is 28.1 Å². The van der Waals surface area contributed by atoms with Crippen LogP contribution in [-0.2, 0) is 26.3 Å². The van der Waals surface area contributed by atoms with Gasteiger partial charge in [-0.1, -0.05) is 12.1 Å². The molecule has 2 aliphatic heterocycles. The zero-order chi connectivity index (χ0) is 22.3. The van der Waals surface area contributed by atoms with Crippen molar-refractivity contribution in [2.24, 2.45) is 5.73 Å². The first kappa shape index (κ1) is 21.1. The number of thioether (sulfide) groups is 1. The maximum atomic E-state index is 13.5. The zero-order valence-corrected chi connectivity index (χ0v) is 19.0. The smallest absolute Gasteiger partial charge is 0.320 e. The predicted octanol–water partition coefficient (Wildman–Crippen LogP) is 3.24. The number of hydrogen-bond acceptors (Lipinski definition) is 8. The number of benzene rings is 1. The highest BCUT2D eigenvalue weighted by atomic mass is 32.2. The SMILES string of the molecule is COc1ccc(COC(=O)C2(c3cc(-c4ccco4)cs3)CS[C@@H]3[C@H](N)C(=O)N3C2)cc1. The Labute approximate surface area is 193 Å². The first-order valence-corrected chi connectivity index (χ1v) is 12.1. The summed E-state index contributed by atoms with van der Waals surface area (Å²) in [6, 6.07) is 12.5. The first-order chi connectivity index (χ1) is 15.5. The van der Waals surface area contributed by atoms with E-state index >= 15 is 0 Å². The summed E-state index contributed by atoms with van der Waals surface area (Å²) in [5, 5.41) is 1.88. The van der Waals surface area contributed by atoms with Gasteiger partial charge in [-0.05, 0) is 35.9 Å². The maximum Gasteiger partial charge on any atom is 0.320 e. The van der Waals surface area contributed by atoms with Crippen molar-refractivity contribution in [2.75, 3.05) is 19.4 Å². The first-order valence-electron chi connectivity index (χ1n) is 10.1. The number of β-lactam (4-membered cyclic amide) rings is 1. The van der Waals surface area contributed by atoms with E-state index in [9.17, 15) is 9.59 Å². The molecule has 7 nitrogen and oxygen atoms in total. The van der Waals surface area contributed by atoms with E-state index in [1.807, 2.05) is 47.8 Å². The third-order valence-corrected chi connectivity index (χ3v) is 8.60. The lowest BCUT2D eigenvalue weighted by atomic mass is 9.85. The van der Waals surface area contributed by atoms with E-state index in [4.69, 9.17) is 19.6 Å². The van der Waals surface area contributed by atoms with Crippen molar-refractivity contribution < 1.29 is 23.5 Å². The largest absolute Gasteiger partial charge is 0.497 e. The summed E-state index contributed by atoms with van der Waals surface area (Å²) in [5.41, 5.74) is 6.76. The molecular weight excluding hydrogens is 448 g/mol. The van der Waals surface area contributed by atoms with Gasteiger partial charge in [0.25, 0.3) is 0 Å². The quantitative estimate of drug-likeness (QED) is 0.436. The number of furan rings is 1. The highest BCUT2D eigenvalue weighted by Crippen LogP contribution is 2.46. The highest BCUT2D eigenvalue weighted by molar-refractivity contribution is 8.00. The van der Waals surface area contributed by atoms with Crippen molar-refractivity contribution in [2.45, 2.75) is 23.4 Å². The molecule has 2 aliphatic rings. The minimum absolute atomic E-state index is 0.0884. The van der Waals surface area contributed by atoms with Crippen molar-refractivity contribution >= 4 is 35.0 Å². The number of esters is 1. The molecule has 3 atom stereocenters. The summed E-state index contributed by atoms with van der Waals surface area (Å²) in [4.78, 5) is 28.5. The summed E-state index contributed by atoms with van der Waals surface area (Å²) in [5.74, 6) is 1.49. The molecule has 0 saturated carbocycles. The average molecular weight is 471 g/mol. The van der Waals surface area contributed by atoms with E-state index in [1.165, 1.54) is 23.1 Å². The van der Waals surface area contributed by atoms with Crippen molar-refractivity contribution in [3.63, 3.8) is 0 Å². The Morgan fingerprint density at radius 1 is 1.31 bits per heavy atom. The Bertz CT molecular complexity index is 1130. The van der Waals surface area contributed by atoms with Gasteiger partial charge >= 0.3 is 5.97 Å². The summed E-state index contributed by atoms with van der Waals surface area (Å²) < 4.78 is 16.5. The van der Waals surface area contributed by atoms with Crippen LogP contribution in [0, 0.1) is 0 Å². The average Bonchev–Trinajstić information content (AvgIpc) is 3.54. The fourth-order valence-corrected chi connectivity index (χ4v) is 6.69. The van der Waals surface area contributed by atoms with Crippen LogP contribution in [0.15, 0.2) is 58.5 Å². The van der Waals surface area contributed by atoms with Crippen LogP contribution in [0.5, 0.6) is 5.75 Å². The molecule has 0 aliphatic carbocycles. The number of methoxy groups -OCH3 is 1. The Morgan fingerprint density at radius 3 is 2.84 bits per heavy atom. The van der Waals surface area contributed by atoms with Gasteiger partial charge in [-0.2, -0.15) is 0 Å². The Balaban J connectivity index is 1.42. The molecule has 0 radical (unpaired) electrons. The topological polar surface area (TPSA) is 95.0 Å². The molecule has 0 bridgehead atoms. The lowest BCUT2D eigenvalue weighted by Gasteiger charge is -2.52. The second-order valence-electron chi connectivity index (χ2n) is 7.88. The third kappa shape index (κ3) is 3.50. The molecule has 9 heteroatoms. The van der Waals surface area contributed by atoms with Crippen molar-refractivity contribution in [3.05, 3.63) is 64.5 Å². The molecule has 2 N–H and O–H groups in total. The minimum atomic E-state index is -0.959. The number of carbonyl (C=O) groups is 2. The molecule has 0 spiro atoms. The van der Waals surface area contributed by atoms with Crippen LogP contribution in [-0.4, -0.2) is 47.6 Å². The molecule has 32 heavy (non-hydrogen) atoms. The fraction of sp³-hybridized carbons (Fsp3) is 0.304. The van der Waals surface area contributed by atoms with Gasteiger partial charge in [0.2, 0.25) is 5.91 Å². The highest BCUT2D eigenvalue weighted by Gasteiger charge is 2.57. The second kappa shape index (κ2) is 8.31. The van der Waals surface area contributed by atoms with Gasteiger partial charge in [0.05, 0.1) is 13.4 Å². The van der Waals surface area contributed by atoms with E-state index in [0.717, 1.165) is 27.5 Å². The third-order valence-electron chi connectivity index (χ3n) is 5.92. The molecule has 2 fully saturated rings. The van der Waals surface area contributed by atoms with E-state index < -0.39 is 11.5 Å². The lowest BCUT2D eigenvalue weighted by molar-refractivity contribution is -0.156. The molecule has 2 aromatic heterocycles. The number of amides is 1.